The van der Waals surface area contributed by atoms with Crippen LogP contribution < -0.4 is 14.8 Å². The van der Waals surface area contributed by atoms with E-state index >= 15 is 0 Å². The lowest BCUT2D eigenvalue weighted by molar-refractivity contribution is -0.384. The quantitative estimate of drug-likeness (QED) is 0.114. The molecule has 0 atom stereocenters. The second kappa shape index (κ2) is 12.0. The molecule has 0 spiro atoms. The summed E-state index contributed by atoms with van der Waals surface area (Å²) in [7, 11) is 0. The number of imide groups is 1. The highest BCUT2D eigenvalue weighted by Gasteiger charge is 2.33. The van der Waals surface area contributed by atoms with E-state index in [0.717, 1.165) is 4.90 Å². The molecule has 4 rings (SSSR count). The number of urea groups is 1. The number of allylic oxidation sites excluding steroid dienone is 1. The number of carbonyl (C=O) groups is 2. The van der Waals surface area contributed by atoms with E-state index in [2.05, 4.69) is 11.9 Å². The number of carbonyl (C=O) groups excluding carboxylic acids is 2. The van der Waals surface area contributed by atoms with Gasteiger partial charge in [0.05, 0.1) is 18.1 Å². The molecule has 0 aliphatic carbocycles. The number of nitro benzene ring substituents is 1. The van der Waals surface area contributed by atoms with Crippen LogP contribution in [0.3, 0.4) is 0 Å². The van der Waals surface area contributed by atoms with E-state index in [1.165, 1.54) is 36.4 Å². The molecule has 10 heteroatoms. The van der Waals surface area contributed by atoms with Crippen LogP contribution in [0.4, 0.5) is 14.9 Å². The van der Waals surface area contributed by atoms with Gasteiger partial charge in [0.25, 0.3) is 11.6 Å². The van der Waals surface area contributed by atoms with Gasteiger partial charge in [-0.3, -0.25) is 19.8 Å². The highest BCUT2D eigenvalue weighted by Crippen LogP contribution is 2.35. The van der Waals surface area contributed by atoms with Gasteiger partial charge in [0.1, 0.15) is 18.1 Å². The first-order valence-corrected chi connectivity index (χ1v) is 12.1. The van der Waals surface area contributed by atoms with Crippen LogP contribution in [-0.4, -0.2) is 28.4 Å². The van der Waals surface area contributed by atoms with Gasteiger partial charge in [-0.15, -0.1) is 6.58 Å². The SMILES string of the molecule is C=CCc1cc(/C=C2/NC(=O)N(Cc3ccc(F)cc3)C2=O)cc(OCC)c1OCc1cccc([N+](=O)[O-])c1. The second-order valence-corrected chi connectivity index (χ2v) is 8.65. The van der Waals surface area contributed by atoms with Gasteiger partial charge in [0.2, 0.25) is 0 Å². The molecule has 1 fully saturated rings. The molecule has 1 aliphatic rings. The van der Waals surface area contributed by atoms with Gasteiger partial charge in [0.15, 0.2) is 11.5 Å². The third kappa shape index (κ3) is 6.48. The molecule has 1 aliphatic heterocycles. The zero-order valence-electron chi connectivity index (χ0n) is 21.2. The molecule has 39 heavy (non-hydrogen) atoms. The highest BCUT2D eigenvalue weighted by atomic mass is 19.1. The molecule has 200 valence electrons. The molecule has 3 aromatic carbocycles. The Morgan fingerprint density at radius 1 is 1.08 bits per heavy atom. The molecule has 9 nitrogen and oxygen atoms in total. The lowest BCUT2D eigenvalue weighted by Crippen LogP contribution is -2.30. The lowest BCUT2D eigenvalue weighted by atomic mass is 10.0. The fourth-order valence-electron chi connectivity index (χ4n) is 4.07. The molecule has 1 heterocycles. The number of ether oxygens (including phenoxy) is 2. The van der Waals surface area contributed by atoms with Crippen molar-refractivity contribution >= 4 is 23.7 Å². The normalized spacial score (nSPS) is 13.9. The Morgan fingerprint density at radius 2 is 1.85 bits per heavy atom. The average molecular weight is 532 g/mol. The summed E-state index contributed by atoms with van der Waals surface area (Å²) in [5.41, 5.74) is 2.57. The van der Waals surface area contributed by atoms with Crippen molar-refractivity contribution in [3.63, 3.8) is 0 Å². The van der Waals surface area contributed by atoms with Crippen molar-refractivity contribution in [3.05, 3.63) is 117 Å². The number of rotatable bonds is 11. The first-order chi connectivity index (χ1) is 18.8. The number of hydrogen-bond acceptors (Lipinski definition) is 6. The van der Waals surface area contributed by atoms with Crippen LogP contribution in [0, 0.1) is 15.9 Å². The molecule has 3 amide bonds. The molecule has 3 aromatic rings. The van der Waals surface area contributed by atoms with E-state index in [-0.39, 0.29) is 24.5 Å². The van der Waals surface area contributed by atoms with Crippen LogP contribution in [0.2, 0.25) is 0 Å². The molecular weight excluding hydrogens is 505 g/mol. The van der Waals surface area contributed by atoms with Gasteiger partial charge in [-0.2, -0.15) is 0 Å². The summed E-state index contributed by atoms with van der Waals surface area (Å²) < 4.78 is 25.1. The first kappa shape index (κ1) is 27.1. The minimum absolute atomic E-state index is 0.00137. The fraction of sp³-hybridized carbons (Fsp3) is 0.172. The van der Waals surface area contributed by atoms with Crippen molar-refractivity contribution in [2.24, 2.45) is 0 Å². The average Bonchev–Trinajstić information content (AvgIpc) is 3.17. The van der Waals surface area contributed by atoms with E-state index in [1.807, 2.05) is 6.92 Å². The lowest BCUT2D eigenvalue weighted by Gasteiger charge is -2.17. The van der Waals surface area contributed by atoms with Gasteiger partial charge in [-0.1, -0.05) is 30.3 Å². The summed E-state index contributed by atoms with van der Waals surface area (Å²) in [5.74, 6) is -0.0628. The molecule has 0 saturated carbocycles. The maximum Gasteiger partial charge on any atom is 0.329 e. The Kier molecular flexibility index (Phi) is 8.35. The van der Waals surface area contributed by atoms with Crippen LogP contribution in [0.25, 0.3) is 6.08 Å². The number of non-ortho nitro benzene ring substituents is 1. The minimum Gasteiger partial charge on any atom is -0.490 e. The Balaban J connectivity index is 1.61. The third-order valence-electron chi connectivity index (χ3n) is 5.85. The molecule has 0 unspecified atom stereocenters. The summed E-state index contributed by atoms with van der Waals surface area (Å²) in [5, 5.41) is 13.7. The number of nitro groups is 1. The molecule has 0 bridgehead atoms. The third-order valence-corrected chi connectivity index (χ3v) is 5.85. The van der Waals surface area contributed by atoms with E-state index in [4.69, 9.17) is 9.47 Å². The predicted octanol–water partition coefficient (Wildman–Crippen LogP) is 5.53. The molecule has 0 radical (unpaired) electrons. The number of halogens is 1. The van der Waals surface area contributed by atoms with E-state index < -0.39 is 22.7 Å². The van der Waals surface area contributed by atoms with Crippen molar-refractivity contribution in [3.8, 4) is 11.5 Å². The Morgan fingerprint density at radius 3 is 2.54 bits per heavy atom. The summed E-state index contributed by atoms with van der Waals surface area (Å²) in [6, 6.07) is 14.6. The fourth-order valence-corrected chi connectivity index (χ4v) is 4.07. The summed E-state index contributed by atoms with van der Waals surface area (Å²) in [4.78, 5) is 37.2. The Bertz CT molecular complexity index is 1450. The number of amides is 3. The first-order valence-electron chi connectivity index (χ1n) is 12.1. The monoisotopic (exact) mass is 531 g/mol. The standard InChI is InChI=1S/C29H26FN3O6/c1-3-6-22-13-21(15-25-28(34)32(29(35)31-25)17-19-9-11-23(30)12-10-19)16-26(38-4-2)27(22)39-18-20-7-5-8-24(14-20)33(36)37/h3,5,7-16H,1,4,6,17-18H2,2H3,(H,31,35)/b25-15+. The largest absolute Gasteiger partial charge is 0.490 e. The van der Waals surface area contributed by atoms with Gasteiger partial charge >= 0.3 is 6.03 Å². The second-order valence-electron chi connectivity index (χ2n) is 8.65. The number of nitrogens with zero attached hydrogens (tertiary/aromatic N) is 2. The van der Waals surface area contributed by atoms with Crippen LogP contribution >= 0.6 is 0 Å². The molecular formula is C29H26FN3O6. The van der Waals surface area contributed by atoms with E-state index in [1.54, 1.807) is 36.4 Å². The summed E-state index contributed by atoms with van der Waals surface area (Å²) in [6.45, 7) is 6.02. The van der Waals surface area contributed by atoms with Crippen molar-refractivity contribution in [1.29, 1.82) is 0 Å². The van der Waals surface area contributed by atoms with Crippen molar-refractivity contribution in [2.75, 3.05) is 6.61 Å². The number of hydrogen-bond donors (Lipinski definition) is 1. The molecule has 0 aromatic heterocycles. The maximum atomic E-state index is 13.2. The van der Waals surface area contributed by atoms with Crippen LogP contribution in [-0.2, 0) is 24.4 Å². The van der Waals surface area contributed by atoms with Crippen LogP contribution in [0.15, 0.2) is 79.0 Å². The zero-order chi connectivity index (χ0) is 27.9. The van der Waals surface area contributed by atoms with Crippen molar-refractivity contribution in [1.82, 2.24) is 10.2 Å². The molecule has 1 N–H and O–H groups in total. The van der Waals surface area contributed by atoms with E-state index in [9.17, 15) is 24.1 Å². The van der Waals surface area contributed by atoms with Crippen LogP contribution in [0.5, 0.6) is 11.5 Å². The highest BCUT2D eigenvalue weighted by molar-refractivity contribution is 6.13. The predicted molar refractivity (Wildman–Crippen MR) is 142 cm³/mol. The minimum atomic E-state index is -0.580. The summed E-state index contributed by atoms with van der Waals surface area (Å²) >= 11 is 0. The van der Waals surface area contributed by atoms with Crippen molar-refractivity contribution in [2.45, 2.75) is 26.5 Å². The van der Waals surface area contributed by atoms with Crippen molar-refractivity contribution < 1.29 is 28.4 Å². The van der Waals surface area contributed by atoms with Gasteiger partial charge < -0.3 is 14.8 Å². The maximum absolute atomic E-state index is 13.2. The number of benzene rings is 3. The van der Waals surface area contributed by atoms with Gasteiger partial charge in [-0.05, 0) is 60.4 Å². The van der Waals surface area contributed by atoms with Gasteiger partial charge in [-0.25, -0.2) is 9.18 Å². The number of nitrogens with one attached hydrogen (secondary N) is 1. The topological polar surface area (TPSA) is 111 Å². The summed E-state index contributed by atoms with van der Waals surface area (Å²) in [6.07, 6.45) is 3.65. The van der Waals surface area contributed by atoms with Gasteiger partial charge in [0, 0.05) is 17.7 Å². The Labute approximate surface area is 224 Å². The van der Waals surface area contributed by atoms with E-state index in [0.29, 0.717) is 46.8 Å². The molecule has 1 saturated heterocycles. The Hall–Kier alpha value is -4.99. The zero-order valence-corrected chi connectivity index (χ0v) is 21.2. The van der Waals surface area contributed by atoms with Crippen LogP contribution in [0.1, 0.15) is 29.2 Å². The smallest absolute Gasteiger partial charge is 0.329 e.